The van der Waals surface area contributed by atoms with Crippen LogP contribution in [0.3, 0.4) is 0 Å². The molecule has 0 atom stereocenters. The smallest absolute Gasteiger partial charge is 0.258 e. The first-order valence-electron chi connectivity index (χ1n) is 10.4. The number of aromatic nitrogens is 2. The number of para-hydroxylation sites is 3. The largest absolute Gasteiger partial charge is 0.497 e. The van der Waals surface area contributed by atoms with Gasteiger partial charge in [0.05, 0.1) is 31.2 Å². The number of nitrogens with zero attached hydrogens (tertiary/aromatic N) is 2. The zero-order chi connectivity index (χ0) is 22.2. The van der Waals surface area contributed by atoms with Crippen molar-refractivity contribution in [2.24, 2.45) is 0 Å². The first-order chi connectivity index (χ1) is 15.7. The minimum Gasteiger partial charge on any atom is -0.497 e. The van der Waals surface area contributed by atoms with Crippen LogP contribution in [0.25, 0.3) is 11.0 Å². The number of hydrogen-bond acceptors (Lipinski definition) is 5. The van der Waals surface area contributed by atoms with Gasteiger partial charge in [0.25, 0.3) is 5.91 Å². The van der Waals surface area contributed by atoms with E-state index in [4.69, 9.17) is 14.2 Å². The van der Waals surface area contributed by atoms with Crippen molar-refractivity contribution in [1.82, 2.24) is 14.9 Å². The molecule has 0 aliphatic heterocycles. The number of methoxy groups -OCH3 is 1. The molecular weight excluding hydrogens is 406 g/mol. The van der Waals surface area contributed by atoms with Gasteiger partial charge in [0.2, 0.25) is 0 Å². The fraction of sp³-hybridized carbons (Fsp3) is 0.200. The van der Waals surface area contributed by atoms with Crippen LogP contribution in [0.5, 0.6) is 17.2 Å². The number of carbonyl (C=O) groups excluding carboxylic acids is 1. The Labute approximate surface area is 186 Å². The molecule has 7 heteroatoms. The summed E-state index contributed by atoms with van der Waals surface area (Å²) in [6, 6.07) is 24.6. The Bertz CT molecular complexity index is 1160. The Kier molecular flexibility index (Phi) is 6.87. The molecule has 4 rings (SSSR count). The van der Waals surface area contributed by atoms with Gasteiger partial charge in [0.1, 0.15) is 29.7 Å². The third-order valence-electron chi connectivity index (χ3n) is 4.93. The lowest BCUT2D eigenvalue weighted by Gasteiger charge is -2.12. The number of amides is 1. The lowest BCUT2D eigenvalue weighted by molar-refractivity contribution is -0.123. The summed E-state index contributed by atoms with van der Waals surface area (Å²) >= 11 is 0. The Morgan fingerprint density at radius 3 is 2.34 bits per heavy atom. The lowest BCUT2D eigenvalue weighted by Crippen LogP contribution is -2.29. The van der Waals surface area contributed by atoms with E-state index in [9.17, 15) is 4.79 Å². The van der Waals surface area contributed by atoms with Crippen LogP contribution in [0.4, 0.5) is 0 Å². The highest BCUT2D eigenvalue weighted by atomic mass is 16.5. The van der Waals surface area contributed by atoms with Crippen LogP contribution in [0.2, 0.25) is 0 Å². The highest BCUT2D eigenvalue weighted by Gasteiger charge is 2.12. The second-order valence-corrected chi connectivity index (χ2v) is 7.07. The average Bonchev–Trinajstić information content (AvgIpc) is 3.20. The number of rotatable bonds is 10. The maximum atomic E-state index is 12.3. The summed E-state index contributed by atoms with van der Waals surface area (Å²) in [6.45, 7) is 1.31. The van der Waals surface area contributed by atoms with E-state index in [0.717, 1.165) is 28.4 Å². The van der Waals surface area contributed by atoms with Gasteiger partial charge in [-0.15, -0.1) is 0 Å². The monoisotopic (exact) mass is 431 g/mol. The van der Waals surface area contributed by atoms with Crippen molar-refractivity contribution in [2.75, 3.05) is 20.3 Å². The summed E-state index contributed by atoms with van der Waals surface area (Å²) < 4.78 is 18.6. The van der Waals surface area contributed by atoms with Crippen LogP contribution >= 0.6 is 0 Å². The van der Waals surface area contributed by atoms with E-state index < -0.39 is 0 Å². The van der Waals surface area contributed by atoms with Gasteiger partial charge in [-0.1, -0.05) is 30.3 Å². The number of fused-ring (bicyclic) bond motifs is 1. The van der Waals surface area contributed by atoms with Crippen LogP contribution in [-0.4, -0.2) is 35.8 Å². The zero-order valence-electron chi connectivity index (χ0n) is 17.9. The summed E-state index contributed by atoms with van der Waals surface area (Å²) in [4.78, 5) is 16.9. The molecule has 1 heterocycles. The molecule has 3 aromatic carbocycles. The fourth-order valence-electron chi connectivity index (χ4n) is 3.33. The third kappa shape index (κ3) is 5.37. The van der Waals surface area contributed by atoms with Crippen LogP contribution in [-0.2, 0) is 17.9 Å². The van der Waals surface area contributed by atoms with Crippen molar-refractivity contribution in [3.63, 3.8) is 0 Å². The lowest BCUT2D eigenvalue weighted by atomic mass is 10.3. The highest BCUT2D eigenvalue weighted by Crippen LogP contribution is 2.19. The maximum Gasteiger partial charge on any atom is 0.258 e. The molecule has 0 saturated heterocycles. The Balaban J connectivity index is 1.37. The van der Waals surface area contributed by atoms with Crippen molar-refractivity contribution in [3.05, 3.63) is 84.7 Å². The molecule has 0 unspecified atom stereocenters. The molecule has 0 bridgehead atoms. The predicted octanol–water partition coefficient (Wildman–Crippen LogP) is 3.82. The van der Waals surface area contributed by atoms with Crippen LogP contribution in [0.15, 0.2) is 78.9 Å². The summed E-state index contributed by atoms with van der Waals surface area (Å²) in [7, 11) is 1.63. The van der Waals surface area contributed by atoms with Crippen LogP contribution < -0.4 is 19.5 Å². The quantitative estimate of drug-likeness (QED) is 0.413. The third-order valence-corrected chi connectivity index (χ3v) is 4.93. The number of nitrogens with one attached hydrogen (secondary N) is 1. The molecule has 1 aromatic heterocycles. The number of benzene rings is 3. The van der Waals surface area contributed by atoms with Crippen molar-refractivity contribution in [3.8, 4) is 17.2 Å². The van der Waals surface area contributed by atoms with Crippen molar-refractivity contribution in [1.29, 1.82) is 0 Å². The van der Waals surface area contributed by atoms with E-state index in [-0.39, 0.29) is 12.5 Å². The first-order valence-corrected chi connectivity index (χ1v) is 10.4. The summed E-state index contributed by atoms with van der Waals surface area (Å²) in [5, 5.41) is 2.89. The van der Waals surface area contributed by atoms with Gasteiger partial charge in [-0.05, 0) is 48.5 Å². The van der Waals surface area contributed by atoms with E-state index in [1.807, 2.05) is 78.9 Å². The van der Waals surface area contributed by atoms with Crippen molar-refractivity contribution in [2.45, 2.75) is 13.1 Å². The second-order valence-electron chi connectivity index (χ2n) is 7.07. The van der Waals surface area contributed by atoms with Gasteiger partial charge in [0.15, 0.2) is 6.61 Å². The first kappa shape index (κ1) is 21.2. The summed E-state index contributed by atoms with van der Waals surface area (Å²) in [5.41, 5.74) is 1.87. The zero-order valence-corrected chi connectivity index (χ0v) is 17.9. The molecule has 0 fully saturated rings. The second kappa shape index (κ2) is 10.3. The van der Waals surface area contributed by atoms with Crippen LogP contribution in [0.1, 0.15) is 5.82 Å². The van der Waals surface area contributed by atoms with Gasteiger partial charge in [-0.3, -0.25) is 4.79 Å². The molecule has 0 aliphatic rings. The van der Waals surface area contributed by atoms with Gasteiger partial charge in [-0.2, -0.15) is 0 Å². The minimum absolute atomic E-state index is 0.0508. The number of imidazole rings is 1. The van der Waals surface area contributed by atoms with Gasteiger partial charge in [0, 0.05) is 0 Å². The Hall–Kier alpha value is -4.00. The number of hydrogen-bond donors (Lipinski definition) is 1. The van der Waals surface area contributed by atoms with E-state index in [2.05, 4.69) is 14.9 Å². The topological polar surface area (TPSA) is 74.6 Å². The molecule has 0 radical (unpaired) electrons. The van der Waals surface area contributed by atoms with E-state index in [0.29, 0.717) is 25.4 Å². The Morgan fingerprint density at radius 1 is 0.875 bits per heavy atom. The van der Waals surface area contributed by atoms with E-state index in [1.54, 1.807) is 7.11 Å². The molecule has 0 aliphatic carbocycles. The molecule has 1 N–H and O–H groups in total. The van der Waals surface area contributed by atoms with Gasteiger partial charge in [-0.25, -0.2) is 4.98 Å². The van der Waals surface area contributed by atoms with E-state index >= 15 is 0 Å². The Morgan fingerprint density at radius 2 is 1.56 bits per heavy atom. The molecule has 32 heavy (non-hydrogen) atoms. The fourth-order valence-corrected chi connectivity index (χ4v) is 3.33. The molecule has 0 spiro atoms. The minimum atomic E-state index is -0.207. The number of carbonyl (C=O) groups is 1. The standard InChI is InChI=1S/C25H25N3O4/c1-30-19-11-13-21(14-12-19)31-16-15-28-23-10-6-5-9-22(23)27-24(28)17-26-25(29)18-32-20-7-3-2-4-8-20/h2-14H,15-18H2,1H3,(H,26,29). The number of ether oxygens (including phenoxy) is 3. The molecule has 0 saturated carbocycles. The van der Waals surface area contributed by atoms with Gasteiger partial charge >= 0.3 is 0 Å². The summed E-state index contributed by atoms with van der Waals surface area (Å²) in [6.07, 6.45) is 0. The highest BCUT2D eigenvalue weighted by molar-refractivity contribution is 5.78. The van der Waals surface area contributed by atoms with Crippen LogP contribution in [0, 0.1) is 0 Å². The SMILES string of the molecule is COc1ccc(OCCn2c(CNC(=O)COc3ccccc3)nc3ccccc32)cc1. The van der Waals surface area contributed by atoms with E-state index in [1.165, 1.54) is 0 Å². The summed E-state index contributed by atoms with van der Waals surface area (Å²) in [5.74, 6) is 2.76. The molecule has 7 nitrogen and oxygen atoms in total. The van der Waals surface area contributed by atoms with Gasteiger partial charge < -0.3 is 24.1 Å². The van der Waals surface area contributed by atoms with Crippen molar-refractivity contribution >= 4 is 16.9 Å². The molecular formula is C25H25N3O4. The molecule has 4 aromatic rings. The maximum absolute atomic E-state index is 12.3. The molecule has 1 amide bonds. The predicted molar refractivity (Wildman–Crippen MR) is 122 cm³/mol. The normalized spacial score (nSPS) is 10.7. The molecule has 164 valence electrons. The van der Waals surface area contributed by atoms with Crippen molar-refractivity contribution < 1.29 is 19.0 Å². The average molecular weight is 431 g/mol.